The van der Waals surface area contributed by atoms with Crippen molar-refractivity contribution >= 4 is 11.9 Å². The zero-order chi connectivity index (χ0) is 35.8. The van der Waals surface area contributed by atoms with Crippen molar-refractivity contribution in [2.45, 2.75) is 94.6 Å². The van der Waals surface area contributed by atoms with Crippen LogP contribution < -0.4 is 0 Å². The molecule has 0 bridgehead atoms. The third-order valence-electron chi connectivity index (χ3n) is 6.42. The molecule has 0 aromatic heterocycles. The Kier molecular flexibility index (Phi) is 11.8. The zero-order valence-corrected chi connectivity index (χ0v) is 22.7. The van der Waals surface area contributed by atoms with Crippen LogP contribution in [0.4, 0.5) is 74.6 Å². The molecule has 1 atom stereocenters. The van der Waals surface area contributed by atoms with E-state index in [4.69, 9.17) is 5.11 Å². The average Bonchev–Trinajstić information content (AvgIpc) is 2.85. The highest BCUT2D eigenvalue weighted by Gasteiger charge is 2.95. The Morgan fingerprint density at radius 3 is 1.30 bits per heavy atom. The van der Waals surface area contributed by atoms with Gasteiger partial charge in [-0.2, -0.15) is 74.6 Å². The molecule has 44 heavy (non-hydrogen) atoms. The van der Waals surface area contributed by atoms with Gasteiger partial charge in [-0.3, -0.25) is 9.59 Å². The minimum absolute atomic E-state index is 0.300. The van der Waals surface area contributed by atoms with E-state index in [1.165, 1.54) is 20.8 Å². The van der Waals surface area contributed by atoms with E-state index in [0.717, 1.165) is 6.92 Å². The van der Waals surface area contributed by atoms with Gasteiger partial charge >= 0.3 is 59.6 Å². The minimum atomic E-state index is -8.73. The van der Waals surface area contributed by atoms with Crippen LogP contribution in [-0.4, -0.2) is 84.5 Å². The van der Waals surface area contributed by atoms with Gasteiger partial charge in [0.2, 0.25) is 0 Å². The Morgan fingerprint density at radius 2 is 0.932 bits per heavy atom. The fraction of sp³-hybridized carbons (Fsp3) is 0.909. The molecule has 0 aliphatic carbocycles. The largest absolute Gasteiger partial charge is 0.465 e. The number of halogens is 17. The van der Waals surface area contributed by atoms with Crippen molar-refractivity contribution in [1.82, 2.24) is 0 Å². The fourth-order valence-electron chi connectivity index (χ4n) is 3.52. The van der Waals surface area contributed by atoms with E-state index in [-0.39, 0.29) is 6.42 Å². The molecule has 0 saturated carbocycles. The first-order valence-corrected chi connectivity index (χ1v) is 11.8. The van der Waals surface area contributed by atoms with Gasteiger partial charge in [0.15, 0.2) is 0 Å². The lowest BCUT2D eigenvalue weighted by atomic mass is 9.72. The normalized spacial score (nSPS) is 16.4. The quantitative estimate of drug-likeness (QED) is 0.136. The number of ether oxygens (including phenoxy) is 2. The molecular weight excluding hydrogens is 667 g/mol. The average molecular weight is 692 g/mol. The summed E-state index contributed by atoms with van der Waals surface area (Å²) in [5.41, 5.74) is -3.45. The number of hydrogen-bond donors (Lipinski definition) is 1. The van der Waals surface area contributed by atoms with Crippen LogP contribution in [0.25, 0.3) is 0 Å². The predicted octanol–water partition coefficient (Wildman–Crippen LogP) is 7.30. The highest BCUT2D eigenvalue weighted by Crippen LogP contribution is 2.64. The van der Waals surface area contributed by atoms with Gasteiger partial charge in [0.25, 0.3) is 0 Å². The fourth-order valence-corrected chi connectivity index (χ4v) is 3.52. The molecule has 0 spiro atoms. The molecule has 22 heteroatoms. The Labute approximate surface area is 237 Å². The molecule has 0 aromatic carbocycles. The maximum absolute atomic E-state index is 14.1. The molecule has 5 nitrogen and oxygen atoms in total. The van der Waals surface area contributed by atoms with Crippen LogP contribution in [0.1, 0.15) is 47.0 Å². The Balaban J connectivity index is 6.16. The summed E-state index contributed by atoms with van der Waals surface area (Å²) in [7, 11) is 0. The lowest BCUT2D eigenvalue weighted by molar-refractivity contribution is -0.461. The second-order valence-electron chi connectivity index (χ2n) is 10.4. The predicted molar refractivity (Wildman–Crippen MR) is 111 cm³/mol. The lowest BCUT2D eigenvalue weighted by Gasteiger charge is -2.42. The third kappa shape index (κ3) is 6.92. The zero-order valence-electron chi connectivity index (χ0n) is 22.7. The first kappa shape index (κ1) is 41.7. The van der Waals surface area contributed by atoms with Crippen LogP contribution in [0.2, 0.25) is 0 Å². The Bertz CT molecular complexity index is 1020. The minimum Gasteiger partial charge on any atom is -0.465 e. The van der Waals surface area contributed by atoms with E-state index >= 15 is 0 Å². The summed E-state index contributed by atoms with van der Waals surface area (Å²) in [6.07, 6.45) is -11.6. The number of hydrogen-bond acceptors (Lipinski definition) is 5. The molecule has 262 valence electrons. The summed E-state index contributed by atoms with van der Waals surface area (Å²) < 4.78 is 236. The monoisotopic (exact) mass is 692 g/mol. The second kappa shape index (κ2) is 12.5. The molecule has 1 unspecified atom stereocenters. The highest BCUT2D eigenvalue weighted by atomic mass is 19.4. The number of aliphatic hydroxyl groups excluding tert-OH is 1. The van der Waals surface area contributed by atoms with Crippen molar-refractivity contribution in [2.24, 2.45) is 10.8 Å². The first-order valence-electron chi connectivity index (χ1n) is 11.8. The van der Waals surface area contributed by atoms with Crippen LogP contribution in [0.3, 0.4) is 0 Å². The van der Waals surface area contributed by atoms with Crippen molar-refractivity contribution in [3.63, 3.8) is 0 Å². The molecular formula is C22H25F17O5. The molecule has 0 aromatic rings. The van der Waals surface area contributed by atoms with Crippen molar-refractivity contribution in [3.8, 4) is 0 Å². The Hall–Kier alpha value is -2.29. The van der Waals surface area contributed by atoms with E-state index in [0.29, 0.717) is 0 Å². The smallest absolute Gasteiger partial charge is 0.460 e. The van der Waals surface area contributed by atoms with Gasteiger partial charge in [-0.1, -0.05) is 6.92 Å². The molecule has 0 fully saturated rings. The van der Waals surface area contributed by atoms with E-state index in [1.807, 2.05) is 0 Å². The van der Waals surface area contributed by atoms with Crippen molar-refractivity contribution < 1.29 is 98.8 Å². The number of carbonyl (C=O) groups excluding carboxylic acids is 2. The highest BCUT2D eigenvalue weighted by molar-refractivity contribution is 5.80. The summed E-state index contributed by atoms with van der Waals surface area (Å²) in [4.78, 5) is 24.6. The SMILES string of the molecule is CCC(C)(CC(C)(C)C(=O)OCCO)C(=O)OCCC(F)(F)C(F)(F)C(F)(F)C(F)(F)C(F)(F)C(F)(F)C(F)(F)C(F)(F)F. The lowest BCUT2D eigenvalue weighted by Crippen LogP contribution is -2.74. The van der Waals surface area contributed by atoms with Crippen molar-refractivity contribution in [3.05, 3.63) is 0 Å². The van der Waals surface area contributed by atoms with Crippen LogP contribution in [0.5, 0.6) is 0 Å². The van der Waals surface area contributed by atoms with Gasteiger partial charge < -0.3 is 14.6 Å². The van der Waals surface area contributed by atoms with Gasteiger partial charge in [-0.05, 0) is 33.6 Å². The maximum Gasteiger partial charge on any atom is 0.460 e. The van der Waals surface area contributed by atoms with E-state index in [1.54, 1.807) is 0 Å². The van der Waals surface area contributed by atoms with E-state index in [9.17, 15) is 84.2 Å². The van der Waals surface area contributed by atoms with Gasteiger partial charge in [0, 0.05) is 0 Å². The van der Waals surface area contributed by atoms with Crippen LogP contribution >= 0.6 is 0 Å². The van der Waals surface area contributed by atoms with E-state index in [2.05, 4.69) is 9.47 Å². The van der Waals surface area contributed by atoms with Gasteiger partial charge in [-0.25, -0.2) is 0 Å². The van der Waals surface area contributed by atoms with Crippen molar-refractivity contribution in [1.29, 1.82) is 0 Å². The summed E-state index contributed by atoms with van der Waals surface area (Å²) in [6.45, 7) is 1.46. The first-order chi connectivity index (χ1) is 19.1. The summed E-state index contributed by atoms with van der Waals surface area (Å²) in [6, 6.07) is 0. The number of esters is 2. The van der Waals surface area contributed by atoms with Gasteiger partial charge in [-0.15, -0.1) is 0 Å². The molecule has 0 heterocycles. The Morgan fingerprint density at radius 1 is 0.568 bits per heavy atom. The molecule has 0 radical (unpaired) electrons. The summed E-state index contributed by atoms with van der Waals surface area (Å²) in [5, 5.41) is 8.70. The third-order valence-corrected chi connectivity index (χ3v) is 6.42. The van der Waals surface area contributed by atoms with Crippen LogP contribution in [-0.2, 0) is 19.1 Å². The molecule has 0 saturated heterocycles. The number of aliphatic hydroxyl groups is 1. The molecule has 0 amide bonds. The number of rotatable bonds is 16. The standard InChI is InChI=1S/C22H25F17O5/c1-5-14(4,10-13(2,3)11(41)44-9-7-40)12(42)43-8-6-15(23,24)16(25,26)17(27,28)18(29,30)19(31,32)20(33,34)21(35,36)22(37,38)39/h40H,5-10H2,1-4H3. The van der Waals surface area contributed by atoms with Crippen LogP contribution in [0.15, 0.2) is 0 Å². The van der Waals surface area contributed by atoms with Gasteiger partial charge in [0.05, 0.1) is 30.5 Å². The maximum atomic E-state index is 14.1. The molecule has 0 rings (SSSR count). The van der Waals surface area contributed by atoms with Crippen LogP contribution in [0, 0.1) is 10.8 Å². The second-order valence-corrected chi connectivity index (χ2v) is 10.4. The summed E-state index contributed by atoms with van der Waals surface area (Å²) in [5.74, 6) is -59.9. The molecule has 1 N–H and O–H groups in total. The number of carbonyl (C=O) groups is 2. The summed E-state index contributed by atoms with van der Waals surface area (Å²) >= 11 is 0. The molecule has 0 aliphatic rings. The van der Waals surface area contributed by atoms with Gasteiger partial charge in [0.1, 0.15) is 6.61 Å². The number of alkyl halides is 17. The van der Waals surface area contributed by atoms with Crippen molar-refractivity contribution in [2.75, 3.05) is 19.8 Å². The van der Waals surface area contributed by atoms with E-state index < -0.39 is 103 Å². The molecule has 0 aliphatic heterocycles. The topological polar surface area (TPSA) is 72.8 Å².